The number of ether oxygens (including phenoxy) is 1. The molecule has 3 fully saturated rings. The van der Waals surface area contributed by atoms with Gasteiger partial charge in [-0.15, -0.1) is 0 Å². The maximum absolute atomic E-state index is 12.3. The van der Waals surface area contributed by atoms with Crippen molar-refractivity contribution < 1.29 is 14.3 Å². The van der Waals surface area contributed by atoms with Crippen molar-refractivity contribution in [1.82, 2.24) is 5.32 Å². The highest BCUT2D eigenvalue weighted by Gasteiger charge is 2.42. The van der Waals surface area contributed by atoms with Crippen LogP contribution in [-0.4, -0.2) is 36.2 Å². The standard InChI is InChI=1S/C19H25N3O3/c1-12-15(21-14-7-10-25-19(11-14)8-4-9-19)5-3-6-16(12)22-17(23)13(2)20-18(22)24/h3,5-6,13-14,21H,4,7-11H2,1-2H3,(H,20,24). The van der Waals surface area contributed by atoms with Gasteiger partial charge in [0, 0.05) is 18.3 Å². The molecule has 2 N–H and O–H groups in total. The number of benzene rings is 1. The van der Waals surface area contributed by atoms with Gasteiger partial charge in [0.25, 0.3) is 5.91 Å². The lowest BCUT2D eigenvalue weighted by molar-refractivity contribution is -0.130. The molecule has 2 unspecified atom stereocenters. The first-order valence-corrected chi connectivity index (χ1v) is 9.14. The summed E-state index contributed by atoms with van der Waals surface area (Å²) in [5, 5.41) is 6.30. The Bertz CT molecular complexity index is 714. The van der Waals surface area contributed by atoms with E-state index in [1.807, 2.05) is 25.1 Å². The number of nitrogens with one attached hydrogen (secondary N) is 2. The largest absolute Gasteiger partial charge is 0.382 e. The van der Waals surface area contributed by atoms with Gasteiger partial charge < -0.3 is 15.4 Å². The molecule has 2 aliphatic heterocycles. The number of nitrogens with zero attached hydrogens (tertiary/aromatic N) is 1. The van der Waals surface area contributed by atoms with Crippen LogP contribution in [0.25, 0.3) is 0 Å². The monoisotopic (exact) mass is 343 g/mol. The van der Waals surface area contributed by atoms with Gasteiger partial charge in [-0.05, 0) is 63.6 Å². The van der Waals surface area contributed by atoms with E-state index in [1.54, 1.807) is 6.92 Å². The first-order chi connectivity index (χ1) is 12.0. The second kappa shape index (κ2) is 6.02. The topological polar surface area (TPSA) is 70.7 Å². The van der Waals surface area contributed by atoms with Gasteiger partial charge in [-0.25, -0.2) is 9.69 Å². The number of urea groups is 1. The van der Waals surface area contributed by atoms with Gasteiger partial charge in [0.2, 0.25) is 0 Å². The van der Waals surface area contributed by atoms with Crippen LogP contribution in [-0.2, 0) is 9.53 Å². The van der Waals surface area contributed by atoms with E-state index in [0.717, 1.165) is 43.5 Å². The number of rotatable bonds is 3. The molecule has 2 atom stereocenters. The molecule has 1 aliphatic carbocycles. The van der Waals surface area contributed by atoms with Crippen molar-refractivity contribution in [3.05, 3.63) is 23.8 Å². The van der Waals surface area contributed by atoms with E-state index in [4.69, 9.17) is 4.74 Å². The summed E-state index contributed by atoms with van der Waals surface area (Å²) >= 11 is 0. The van der Waals surface area contributed by atoms with Gasteiger partial charge in [0.05, 0.1) is 11.3 Å². The summed E-state index contributed by atoms with van der Waals surface area (Å²) in [7, 11) is 0. The molecule has 4 rings (SSSR count). The predicted molar refractivity (Wildman–Crippen MR) is 95.8 cm³/mol. The summed E-state index contributed by atoms with van der Waals surface area (Å²) < 4.78 is 6.00. The molecule has 1 aromatic rings. The van der Waals surface area contributed by atoms with E-state index >= 15 is 0 Å². The molecule has 6 nitrogen and oxygen atoms in total. The molecule has 3 aliphatic rings. The molecule has 0 aromatic heterocycles. The zero-order valence-corrected chi connectivity index (χ0v) is 14.8. The van der Waals surface area contributed by atoms with Gasteiger partial charge in [0.15, 0.2) is 0 Å². The van der Waals surface area contributed by atoms with Crippen molar-refractivity contribution in [2.24, 2.45) is 0 Å². The average molecular weight is 343 g/mol. The van der Waals surface area contributed by atoms with Crippen LogP contribution in [0.15, 0.2) is 18.2 Å². The Kier molecular flexibility index (Phi) is 3.95. The minimum atomic E-state index is -0.475. The Morgan fingerprint density at radius 1 is 1.32 bits per heavy atom. The Morgan fingerprint density at radius 2 is 2.12 bits per heavy atom. The molecule has 2 heterocycles. The Labute approximate surface area is 147 Å². The van der Waals surface area contributed by atoms with E-state index < -0.39 is 6.04 Å². The van der Waals surface area contributed by atoms with Crippen molar-refractivity contribution in [3.8, 4) is 0 Å². The van der Waals surface area contributed by atoms with E-state index in [9.17, 15) is 9.59 Å². The fourth-order valence-corrected chi connectivity index (χ4v) is 4.15. The minimum absolute atomic E-state index is 0.0850. The Morgan fingerprint density at radius 3 is 2.76 bits per heavy atom. The Balaban J connectivity index is 1.55. The molecule has 25 heavy (non-hydrogen) atoms. The first kappa shape index (κ1) is 16.4. The fraction of sp³-hybridized carbons (Fsp3) is 0.579. The van der Waals surface area contributed by atoms with E-state index in [-0.39, 0.29) is 17.5 Å². The lowest BCUT2D eigenvalue weighted by atomic mass is 9.74. The van der Waals surface area contributed by atoms with Crippen LogP contribution in [0.4, 0.5) is 16.2 Å². The number of imide groups is 1. The van der Waals surface area contributed by atoms with Crippen LogP contribution < -0.4 is 15.5 Å². The van der Waals surface area contributed by atoms with Crippen LogP contribution in [0.1, 0.15) is 44.6 Å². The minimum Gasteiger partial charge on any atom is -0.382 e. The average Bonchev–Trinajstić information content (AvgIpc) is 2.81. The zero-order valence-electron chi connectivity index (χ0n) is 14.8. The molecule has 1 saturated carbocycles. The van der Waals surface area contributed by atoms with Crippen LogP contribution in [0, 0.1) is 6.92 Å². The summed E-state index contributed by atoms with van der Waals surface area (Å²) in [4.78, 5) is 25.7. The quantitative estimate of drug-likeness (QED) is 0.828. The zero-order chi connectivity index (χ0) is 17.6. The second-order valence-electron chi connectivity index (χ2n) is 7.51. The first-order valence-electron chi connectivity index (χ1n) is 9.14. The molecule has 0 bridgehead atoms. The van der Waals surface area contributed by atoms with Crippen molar-refractivity contribution in [2.75, 3.05) is 16.8 Å². The maximum Gasteiger partial charge on any atom is 0.329 e. The van der Waals surface area contributed by atoms with Crippen molar-refractivity contribution in [3.63, 3.8) is 0 Å². The predicted octanol–water partition coefficient (Wildman–Crippen LogP) is 2.95. The van der Waals surface area contributed by atoms with Crippen LogP contribution >= 0.6 is 0 Å². The fourth-order valence-electron chi connectivity index (χ4n) is 4.15. The third kappa shape index (κ3) is 2.78. The summed E-state index contributed by atoms with van der Waals surface area (Å²) in [6.45, 7) is 4.46. The van der Waals surface area contributed by atoms with Crippen LogP contribution in [0.2, 0.25) is 0 Å². The van der Waals surface area contributed by atoms with Gasteiger partial charge >= 0.3 is 6.03 Å². The molecule has 2 saturated heterocycles. The number of hydrogen-bond donors (Lipinski definition) is 2. The third-order valence-corrected chi connectivity index (χ3v) is 5.80. The normalized spacial score (nSPS) is 28.0. The summed E-state index contributed by atoms with van der Waals surface area (Å²) in [5.74, 6) is -0.204. The molecular formula is C19H25N3O3. The van der Waals surface area contributed by atoms with Crippen LogP contribution in [0.3, 0.4) is 0 Å². The van der Waals surface area contributed by atoms with Crippen LogP contribution in [0.5, 0.6) is 0 Å². The number of carbonyl (C=O) groups excluding carboxylic acids is 2. The molecule has 0 radical (unpaired) electrons. The number of amides is 3. The van der Waals surface area contributed by atoms with E-state index in [0.29, 0.717) is 11.7 Å². The van der Waals surface area contributed by atoms with Gasteiger partial charge in [-0.2, -0.15) is 0 Å². The lowest BCUT2D eigenvalue weighted by Gasteiger charge is -2.47. The van der Waals surface area contributed by atoms with Gasteiger partial charge in [-0.3, -0.25) is 4.79 Å². The molecule has 1 aromatic carbocycles. The smallest absolute Gasteiger partial charge is 0.329 e. The van der Waals surface area contributed by atoms with Gasteiger partial charge in [0.1, 0.15) is 6.04 Å². The van der Waals surface area contributed by atoms with Crippen molar-refractivity contribution >= 4 is 23.3 Å². The lowest BCUT2D eigenvalue weighted by Crippen LogP contribution is -2.49. The Hall–Kier alpha value is -2.08. The molecular weight excluding hydrogens is 318 g/mol. The highest BCUT2D eigenvalue weighted by Crippen LogP contribution is 2.43. The summed E-state index contributed by atoms with van der Waals surface area (Å²) in [5.41, 5.74) is 2.65. The third-order valence-electron chi connectivity index (χ3n) is 5.80. The van der Waals surface area contributed by atoms with Gasteiger partial charge in [-0.1, -0.05) is 6.07 Å². The summed E-state index contributed by atoms with van der Waals surface area (Å²) in [6, 6.07) is 5.28. The van der Waals surface area contributed by atoms with E-state index in [1.165, 1.54) is 11.3 Å². The number of hydrogen-bond acceptors (Lipinski definition) is 4. The summed E-state index contributed by atoms with van der Waals surface area (Å²) in [6.07, 6.45) is 5.57. The highest BCUT2D eigenvalue weighted by molar-refractivity contribution is 6.21. The maximum atomic E-state index is 12.3. The molecule has 6 heteroatoms. The van der Waals surface area contributed by atoms with E-state index in [2.05, 4.69) is 10.6 Å². The second-order valence-corrected chi connectivity index (χ2v) is 7.51. The number of anilines is 2. The molecule has 3 amide bonds. The highest BCUT2D eigenvalue weighted by atomic mass is 16.5. The number of carbonyl (C=O) groups is 2. The molecule has 134 valence electrons. The van der Waals surface area contributed by atoms with Crippen molar-refractivity contribution in [2.45, 2.75) is 63.6 Å². The SMILES string of the molecule is Cc1c(NC2CCOC3(CCC3)C2)cccc1N1C(=O)NC(C)C1=O. The van der Waals surface area contributed by atoms with Crippen molar-refractivity contribution in [1.29, 1.82) is 0 Å². The molecule has 1 spiro atoms.